The molecule has 2 aliphatic rings. The van der Waals surface area contributed by atoms with Crippen LogP contribution in [0.2, 0.25) is 0 Å². The van der Waals surface area contributed by atoms with Crippen LogP contribution in [0.25, 0.3) is 0 Å². The van der Waals surface area contributed by atoms with Crippen molar-refractivity contribution in [3.05, 3.63) is 0 Å². The highest BCUT2D eigenvalue weighted by atomic mass is 16.2. The van der Waals surface area contributed by atoms with Crippen LogP contribution in [0.3, 0.4) is 0 Å². The number of fused-ring (bicyclic) bond motifs is 1. The molecule has 0 spiro atoms. The first-order chi connectivity index (χ1) is 10.4. The zero-order chi connectivity index (χ0) is 16.3. The van der Waals surface area contributed by atoms with Gasteiger partial charge in [-0.25, -0.2) is 0 Å². The predicted molar refractivity (Wildman–Crippen MR) is 83.8 cm³/mol. The molecule has 1 saturated heterocycles. The van der Waals surface area contributed by atoms with Crippen molar-refractivity contribution in [2.45, 2.75) is 65.3 Å². The van der Waals surface area contributed by atoms with Crippen LogP contribution in [0.1, 0.15) is 59.3 Å². The molecule has 2 fully saturated rings. The standard InChI is InChI=1S/C17H28N2O3/c1-11(2)8-9-12(3)18-15(20)10-19-16(21)13-6-4-5-7-14(13)17(19)22/h11-14H,4-10H2,1-3H3,(H,18,20). The van der Waals surface area contributed by atoms with E-state index in [0.717, 1.165) is 38.5 Å². The van der Waals surface area contributed by atoms with Gasteiger partial charge in [0.1, 0.15) is 6.54 Å². The summed E-state index contributed by atoms with van der Waals surface area (Å²) in [6, 6.07) is 0.0741. The van der Waals surface area contributed by atoms with E-state index < -0.39 is 0 Å². The Hall–Kier alpha value is -1.39. The molecule has 1 saturated carbocycles. The number of hydrogen-bond donors (Lipinski definition) is 1. The van der Waals surface area contributed by atoms with Gasteiger partial charge in [0.15, 0.2) is 0 Å². The summed E-state index contributed by atoms with van der Waals surface area (Å²) in [5.74, 6) is -0.250. The largest absolute Gasteiger partial charge is 0.352 e. The molecule has 3 atom stereocenters. The molecule has 0 aromatic heterocycles. The van der Waals surface area contributed by atoms with Crippen molar-refractivity contribution in [3.8, 4) is 0 Å². The summed E-state index contributed by atoms with van der Waals surface area (Å²) in [4.78, 5) is 37.9. The van der Waals surface area contributed by atoms with Crippen LogP contribution in [0.4, 0.5) is 0 Å². The lowest BCUT2D eigenvalue weighted by Crippen LogP contribution is -2.43. The third kappa shape index (κ3) is 3.87. The van der Waals surface area contributed by atoms with Gasteiger partial charge in [0.2, 0.25) is 17.7 Å². The Morgan fingerprint density at radius 2 is 1.64 bits per heavy atom. The first kappa shape index (κ1) is 17.0. The van der Waals surface area contributed by atoms with Crippen LogP contribution < -0.4 is 5.32 Å². The first-order valence-corrected chi connectivity index (χ1v) is 8.54. The zero-order valence-electron chi connectivity index (χ0n) is 13.9. The van der Waals surface area contributed by atoms with Gasteiger partial charge in [-0.1, -0.05) is 26.7 Å². The molecule has 0 aromatic carbocycles. The van der Waals surface area contributed by atoms with Crippen LogP contribution in [0.15, 0.2) is 0 Å². The fourth-order valence-electron chi connectivity index (χ4n) is 3.51. The molecule has 1 aliphatic heterocycles. The fraction of sp³-hybridized carbons (Fsp3) is 0.824. The third-order valence-electron chi connectivity index (χ3n) is 4.82. The second kappa shape index (κ2) is 7.25. The van der Waals surface area contributed by atoms with E-state index >= 15 is 0 Å². The molecule has 1 N–H and O–H groups in total. The van der Waals surface area contributed by atoms with E-state index in [9.17, 15) is 14.4 Å². The van der Waals surface area contributed by atoms with E-state index in [1.165, 1.54) is 4.90 Å². The minimum Gasteiger partial charge on any atom is -0.352 e. The summed E-state index contributed by atoms with van der Waals surface area (Å²) in [6.07, 6.45) is 5.55. The molecule has 1 heterocycles. The molecule has 124 valence electrons. The van der Waals surface area contributed by atoms with Crippen molar-refractivity contribution in [3.63, 3.8) is 0 Å². The highest BCUT2D eigenvalue weighted by molar-refractivity contribution is 6.07. The maximum absolute atomic E-state index is 12.3. The maximum Gasteiger partial charge on any atom is 0.240 e. The minimum atomic E-state index is -0.225. The Morgan fingerprint density at radius 3 is 2.14 bits per heavy atom. The quantitative estimate of drug-likeness (QED) is 0.764. The summed E-state index contributed by atoms with van der Waals surface area (Å²) in [6.45, 7) is 6.15. The maximum atomic E-state index is 12.3. The van der Waals surface area contributed by atoms with Crippen LogP contribution in [-0.2, 0) is 14.4 Å². The summed E-state index contributed by atoms with van der Waals surface area (Å²) >= 11 is 0. The SMILES string of the molecule is CC(C)CCC(C)NC(=O)CN1C(=O)C2CCCCC2C1=O. The van der Waals surface area contributed by atoms with Crippen LogP contribution >= 0.6 is 0 Å². The van der Waals surface area contributed by atoms with E-state index in [4.69, 9.17) is 0 Å². The molecule has 0 aromatic rings. The number of hydrogen-bond acceptors (Lipinski definition) is 3. The minimum absolute atomic E-state index is 0.0741. The molecule has 0 bridgehead atoms. The van der Waals surface area contributed by atoms with Gasteiger partial charge in [0.25, 0.3) is 0 Å². The van der Waals surface area contributed by atoms with Crippen LogP contribution in [-0.4, -0.2) is 35.2 Å². The third-order valence-corrected chi connectivity index (χ3v) is 4.82. The molecule has 3 amide bonds. The second-order valence-electron chi connectivity index (χ2n) is 7.20. The Balaban J connectivity index is 1.86. The second-order valence-corrected chi connectivity index (χ2v) is 7.20. The van der Waals surface area contributed by atoms with Gasteiger partial charge in [-0.15, -0.1) is 0 Å². The Morgan fingerprint density at radius 1 is 1.09 bits per heavy atom. The van der Waals surface area contributed by atoms with Crippen LogP contribution in [0.5, 0.6) is 0 Å². The van der Waals surface area contributed by atoms with Crippen molar-refractivity contribution in [1.29, 1.82) is 0 Å². The number of imide groups is 1. The number of likely N-dealkylation sites (tertiary alicyclic amines) is 1. The summed E-state index contributed by atoms with van der Waals surface area (Å²) < 4.78 is 0. The van der Waals surface area contributed by atoms with E-state index in [1.807, 2.05) is 6.92 Å². The lowest BCUT2D eigenvalue weighted by atomic mass is 9.81. The van der Waals surface area contributed by atoms with Gasteiger partial charge in [-0.3, -0.25) is 19.3 Å². The summed E-state index contributed by atoms with van der Waals surface area (Å²) in [5, 5.41) is 2.90. The van der Waals surface area contributed by atoms with Crippen molar-refractivity contribution in [2.24, 2.45) is 17.8 Å². The number of carbonyl (C=O) groups excluding carboxylic acids is 3. The van der Waals surface area contributed by atoms with Crippen molar-refractivity contribution >= 4 is 17.7 Å². The van der Waals surface area contributed by atoms with Gasteiger partial charge in [-0.2, -0.15) is 0 Å². The number of nitrogens with one attached hydrogen (secondary N) is 1. The average molecular weight is 308 g/mol. The Kier molecular flexibility index (Phi) is 5.59. The summed E-state index contributed by atoms with van der Waals surface area (Å²) in [7, 11) is 0. The lowest BCUT2D eigenvalue weighted by molar-refractivity contribution is -0.143. The molecular weight excluding hydrogens is 280 g/mol. The molecular formula is C17H28N2O3. The monoisotopic (exact) mass is 308 g/mol. The molecule has 3 unspecified atom stereocenters. The highest BCUT2D eigenvalue weighted by Gasteiger charge is 2.48. The Labute approximate surface area is 132 Å². The smallest absolute Gasteiger partial charge is 0.240 e. The zero-order valence-corrected chi connectivity index (χ0v) is 13.9. The molecule has 22 heavy (non-hydrogen) atoms. The fourth-order valence-corrected chi connectivity index (χ4v) is 3.51. The van der Waals surface area contributed by atoms with Gasteiger partial charge in [0, 0.05) is 6.04 Å². The van der Waals surface area contributed by atoms with Crippen molar-refractivity contribution in [2.75, 3.05) is 6.54 Å². The lowest BCUT2D eigenvalue weighted by Gasteiger charge is -2.19. The van der Waals surface area contributed by atoms with Crippen molar-refractivity contribution < 1.29 is 14.4 Å². The predicted octanol–water partition coefficient (Wildman–Crippen LogP) is 2.10. The van der Waals surface area contributed by atoms with E-state index in [1.54, 1.807) is 0 Å². The van der Waals surface area contributed by atoms with Crippen molar-refractivity contribution in [1.82, 2.24) is 10.2 Å². The number of rotatable bonds is 6. The number of carbonyl (C=O) groups is 3. The average Bonchev–Trinajstić information content (AvgIpc) is 2.71. The molecule has 2 rings (SSSR count). The molecule has 5 heteroatoms. The number of amides is 3. The molecule has 1 aliphatic carbocycles. The van der Waals surface area contributed by atoms with Crippen LogP contribution in [0, 0.1) is 17.8 Å². The normalized spacial score (nSPS) is 26.3. The number of nitrogens with zero attached hydrogens (tertiary/aromatic N) is 1. The Bertz CT molecular complexity index is 423. The van der Waals surface area contributed by atoms with Gasteiger partial charge in [-0.05, 0) is 38.5 Å². The topological polar surface area (TPSA) is 66.5 Å². The van der Waals surface area contributed by atoms with E-state index in [0.29, 0.717) is 5.92 Å². The molecule has 0 radical (unpaired) electrons. The van der Waals surface area contributed by atoms with E-state index in [2.05, 4.69) is 19.2 Å². The summed E-state index contributed by atoms with van der Waals surface area (Å²) in [5.41, 5.74) is 0. The van der Waals surface area contributed by atoms with Gasteiger partial charge >= 0.3 is 0 Å². The van der Waals surface area contributed by atoms with Gasteiger partial charge in [0.05, 0.1) is 11.8 Å². The first-order valence-electron chi connectivity index (χ1n) is 8.54. The van der Waals surface area contributed by atoms with Gasteiger partial charge < -0.3 is 5.32 Å². The highest BCUT2D eigenvalue weighted by Crippen LogP contribution is 2.37. The van der Waals surface area contributed by atoms with E-state index in [-0.39, 0.29) is 42.1 Å². The molecule has 5 nitrogen and oxygen atoms in total.